The van der Waals surface area contributed by atoms with Crippen LogP contribution in [0.25, 0.3) is 112 Å². The Hall–Kier alpha value is -12.3. The topological polar surface area (TPSA) is 298 Å². The van der Waals surface area contributed by atoms with Crippen molar-refractivity contribution in [3.8, 4) is 45.0 Å². The van der Waals surface area contributed by atoms with Crippen molar-refractivity contribution < 1.29 is 22.1 Å². The van der Waals surface area contributed by atoms with Gasteiger partial charge in [-0.05, 0) is 129 Å². The number of likely N-dealkylation sites (N-methyl/N-ethyl adjacent to an activating group) is 2. The van der Waals surface area contributed by atoms with E-state index in [1.165, 1.54) is 6.07 Å². The van der Waals surface area contributed by atoms with Crippen molar-refractivity contribution >= 4 is 114 Å². The van der Waals surface area contributed by atoms with E-state index in [0.717, 1.165) is 144 Å². The van der Waals surface area contributed by atoms with Gasteiger partial charge in [0.05, 0.1) is 55.1 Å². The van der Waals surface area contributed by atoms with Crippen LogP contribution < -0.4 is 52.7 Å². The number of nitrogens with one attached hydrogen (secondary N) is 2. The number of pyridine rings is 7. The van der Waals surface area contributed by atoms with Gasteiger partial charge in [-0.1, -0.05) is 23.2 Å². The Kier molecular flexibility index (Phi) is 19.1. The number of rotatable bonds is 8. The van der Waals surface area contributed by atoms with Crippen LogP contribution in [0.1, 0.15) is 0 Å². The van der Waals surface area contributed by atoms with Gasteiger partial charge in [0.25, 0.3) is 0 Å². The Balaban J connectivity index is 0.000000106. The SMILES string of the molecule is CN1CCN(c2ccc3cc(-c4cn5cccc(Cl)c5n4)c(=O)oc3n2)CC1.CN1CCN(c2ccc3cc(-c4cn5cccc(F)c5n4)c(=O)oc3n2)CC1.O=c1oc2nc(N3CCNCC3)ccc2cc1-c1cn2cccc(Cl)c2n1.O=c1oc2nc(N3CCNCC3)ccc2cc1-c1cn2cccnc2n1. The summed E-state index contributed by atoms with van der Waals surface area (Å²) in [5.41, 5.74) is 4.15. The van der Waals surface area contributed by atoms with Crippen molar-refractivity contribution in [2.45, 2.75) is 0 Å². The molecule has 0 unspecified atom stereocenters. The van der Waals surface area contributed by atoms with E-state index in [2.05, 4.69) is 99.0 Å². The van der Waals surface area contributed by atoms with Crippen molar-refractivity contribution in [1.29, 1.82) is 0 Å². The largest absolute Gasteiger partial charge is 0.403 e. The molecule has 4 aliphatic rings. The predicted molar refractivity (Wildman–Crippen MR) is 415 cm³/mol. The van der Waals surface area contributed by atoms with Gasteiger partial charge in [-0.25, -0.2) is 48.5 Å². The molecule has 0 aliphatic carbocycles. The minimum atomic E-state index is -0.542. The molecule has 0 atom stereocenters. The Morgan fingerprint density at radius 1 is 0.367 bits per heavy atom. The molecule has 2 N–H and O–H groups in total. The molecule has 4 saturated heterocycles. The highest BCUT2D eigenvalue weighted by atomic mass is 35.5. The molecule has 4 fully saturated rings. The summed E-state index contributed by atoms with van der Waals surface area (Å²) < 4.78 is 42.8. The third kappa shape index (κ3) is 14.5. The minimum absolute atomic E-state index is 0.167. The summed E-state index contributed by atoms with van der Waals surface area (Å²) in [6.45, 7) is 14.7. The van der Waals surface area contributed by atoms with Crippen LogP contribution in [-0.2, 0) is 0 Å². The lowest BCUT2D eigenvalue weighted by Gasteiger charge is -2.33. The maximum Gasteiger partial charge on any atom is 0.347 e. The highest BCUT2D eigenvalue weighted by molar-refractivity contribution is 6.33. The first-order valence-corrected chi connectivity index (χ1v) is 36.2. The van der Waals surface area contributed by atoms with Crippen LogP contribution in [0.2, 0.25) is 10.0 Å². The van der Waals surface area contributed by atoms with Crippen molar-refractivity contribution in [2.75, 3.05) is 138 Å². The molecular formula is C77H68Cl2FN21O8. The highest BCUT2D eigenvalue weighted by Crippen LogP contribution is 2.30. The average molecular weight is 1510 g/mol. The van der Waals surface area contributed by atoms with Crippen LogP contribution in [0.5, 0.6) is 0 Å². The van der Waals surface area contributed by atoms with Crippen LogP contribution in [0.15, 0.2) is 208 Å². The van der Waals surface area contributed by atoms with Gasteiger partial charge < -0.3 is 70.9 Å². The van der Waals surface area contributed by atoms with E-state index >= 15 is 0 Å². The first-order chi connectivity index (χ1) is 53.1. The van der Waals surface area contributed by atoms with E-state index in [4.69, 9.17) is 40.9 Å². The van der Waals surface area contributed by atoms with E-state index < -0.39 is 28.3 Å². The summed E-state index contributed by atoms with van der Waals surface area (Å²) in [5.74, 6) is 3.36. The number of imidazole rings is 4. The lowest BCUT2D eigenvalue weighted by molar-refractivity contribution is 0.312. The number of anilines is 4. The number of fused-ring (bicyclic) bond motifs is 8. The summed E-state index contributed by atoms with van der Waals surface area (Å²) >= 11 is 12.4. The van der Waals surface area contributed by atoms with E-state index in [1.54, 1.807) is 97.2 Å². The fourth-order valence-corrected chi connectivity index (χ4v) is 13.9. The van der Waals surface area contributed by atoms with Gasteiger partial charge in [-0.2, -0.15) is 19.9 Å². The Morgan fingerprint density at radius 3 is 1.05 bits per heavy atom. The summed E-state index contributed by atoms with van der Waals surface area (Å²) in [6.07, 6.45) is 15.8. The van der Waals surface area contributed by atoms with E-state index in [-0.39, 0.29) is 11.2 Å². The van der Waals surface area contributed by atoms with Crippen LogP contribution in [0, 0.1) is 5.82 Å². The summed E-state index contributed by atoms with van der Waals surface area (Å²) in [4.78, 5) is 103. The fraction of sp³-hybridized carbons (Fsp3) is 0.234. The molecule has 16 aromatic rings. The molecule has 32 heteroatoms. The number of hydrogen-bond acceptors (Lipinski definition) is 25. The standard InChI is InChI=1S/C20H18ClN5O2.C20H18FN5O2.C19H16ClN5O2.C18H16N6O2/c2*1-24-7-9-25(10-8-24)17-5-4-13-11-14(20(27)28-19(13)23-17)16-12-26-6-2-3-15(21)18(26)22-16;20-14-2-1-7-25-11-15(22-17(14)25)13-10-12-3-4-16(23-18(12)27-19(13)26)24-8-5-21-6-9-24;25-17-13(14-11-24-7-1-4-20-18(24)21-14)10-12-2-3-15(22-16(12)26-17)23-8-5-19-6-9-23/h2*2-6,11-12H,7-10H2,1H3;1-4,7,10-11,21H,5-6,8-9H2;1-4,7,10-11,19H,5-6,8-9H2. The molecule has 20 rings (SSSR count). The molecule has 0 spiro atoms. The lowest BCUT2D eigenvalue weighted by atomic mass is 10.2. The van der Waals surface area contributed by atoms with Crippen molar-refractivity contribution in [1.82, 2.24) is 82.9 Å². The zero-order chi connectivity index (χ0) is 74.4. The Labute approximate surface area is 627 Å². The normalized spacial score (nSPS) is 15.3. The predicted octanol–water partition coefficient (Wildman–Crippen LogP) is 9.17. The summed E-state index contributed by atoms with van der Waals surface area (Å²) in [5, 5.41) is 10.7. The number of aromatic nitrogens is 13. The van der Waals surface area contributed by atoms with Gasteiger partial charge in [0, 0.05) is 182 Å². The van der Waals surface area contributed by atoms with Crippen molar-refractivity contribution in [3.05, 3.63) is 229 Å². The second kappa shape index (κ2) is 29.8. The van der Waals surface area contributed by atoms with Gasteiger partial charge in [0.2, 0.25) is 28.6 Å². The fourth-order valence-electron chi connectivity index (χ4n) is 13.5. The zero-order valence-electron chi connectivity index (χ0n) is 58.9. The van der Waals surface area contributed by atoms with Gasteiger partial charge in [0.15, 0.2) is 22.8 Å². The molecular weight excluding hydrogens is 1440 g/mol. The zero-order valence-corrected chi connectivity index (χ0v) is 60.4. The maximum absolute atomic E-state index is 13.9. The second-order valence-corrected chi connectivity index (χ2v) is 27.5. The summed E-state index contributed by atoms with van der Waals surface area (Å²) in [7, 11) is 4.20. The van der Waals surface area contributed by atoms with Crippen molar-refractivity contribution in [3.63, 3.8) is 0 Å². The molecule has 0 saturated carbocycles. The molecule has 0 bridgehead atoms. The first-order valence-electron chi connectivity index (χ1n) is 35.4. The second-order valence-electron chi connectivity index (χ2n) is 26.7. The molecule has 0 radical (unpaired) electrons. The van der Waals surface area contributed by atoms with Gasteiger partial charge in [-0.15, -0.1) is 0 Å². The molecule has 20 heterocycles. The van der Waals surface area contributed by atoms with Crippen LogP contribution in [0.4, 0.5) is 27.7 Å². The van der Waals surface area contributed by atoms with Gasteiger partial charge in [-0.3, -0.25) is 4.40 Å². The Bertz CT molecular complexity index is 6160. The van der Waals surface area contributed by atoms with Gasteiger partial charge >= 0.3 is 22.5 Å². The Morgan fingerprint density at radius 2 is 0.688 bits per heavy atom. The van der Waals surface area contributed by atoms with Crippen molar-refractivity contribution in [2.24, 2.45) is 0 Å². The summed E-state index contributed by atoms with van der Waals surface area (Å²) in [6, 6.07) is 34.4. The quantitative estimate of drug-likeness (QED) is 0.143. The van der Waals surface area contributed by atoms with E-state index in [9.17, 15) is 23.6 Å². The number of hydrogen-bond donors (Lipinski definition) is 2. The number of nitrogens with zero attached hydrogens (tertiary/aromatic N) is 19. The molecule has 550 valence electrons. The van der Waals surface area contributed by atoms with E-state index in [0.29, 0.717) is 94.8 Å². The number of piperazine rings is 4. The van der Waals surface area contributed by atoms with Gasteiger partial charge in [0.1, 0.15) is 23.3 Å². The number of halogens is 3. The van der Waals surface area contributed by atoms with Crippen LogP contribution in [-0.4, -0.2) is 191 Å². The first kappa shape index (κ1) is 69.7. The van der Waals surface area contributed by atoms with Crippen LogP contribution >= 0.6 is 23.2 Å². The monoisotopic (exact) mass is 1500 g/mol. The van der Waals surface area contributed by atoms with E-state index in [1.807, 2.05) is 85.3 Å². The maximum atomic E-state index is 13.9. The molecule has 4 aliphatic heterocycles. The molecule has 109 heavy (non-hydrogen) atoms. The van der Waals surface area contributed by atoms with Crippen LogP contribution in [0.3, 0.4) is 0 Å². The molecule has 0 aromatic carbocycles. The third-order valence-electron chi connectivity index (χ3n) is 19.5. The lowest BCUT2D eigenvalue weighted by Crippen LogP contribution is -2.44. The third-order valence-corrected chi connectivity index (χ3v) is 20.1. The molecule has 16 aromatic heterocycles. The minimum Gasteiger partial charge on any atom is -0.403 e. The molecule has 0 amide bonds. The highest BCUT2D eigenvalue weighted by Gasteiger charge is 2.24. The average Bonchev–Trinajstić information content (AvgIpc) is 1.74. The molecule has 29 nitrogen and oxygen atoms in total. The smallest absolute Gasteiger partial charge is 0.347 e.